The second-order valence-electron chi connectivity index (χ2n) is 5.29. The lowest BCUT2D eigenvalue weighted by Crippen LogP contribution is -2.12. The summed E-state index contributed by atoms with van der Waals surface area (Å²) >= 11 is 0. The third-order valence-electron chi connectivity index (χ3n) is 3.07. The van der Waals surface area contributed by atoms with Crippen molar-refractivity contribution in [3.8, 4) is 0 Å². The number of benzene rings is 1. The van der Waals surface area contributed by atoms with E-state index < -0.39 is 0 Å². The van der Waals surface area contributed by atoms with Gasteiger partial charge in [0.15, 0.2) is 0 Å². The molecule has 1 aromatic heterocycles. The standard InChI is InChI=1S/C15H22N4/c1-12(2)10-19-11-17-18-15(19)8-9-16-14-7-5-4-6-13(14)3/h4-7,11-12,16H,8-10H2,1-3H3. The maximum absolute atomic E-state index is 4.20. The summed E-state index contributed by atoms with van der Waals surface area (Å²) in [6.45, 7) is 8.38. The normalized spacial score (nSPS) is 10.9. The van der Waals surface area contributed by atoms with Crippen LogP contribution in [0.15, 0.2) is 30.6 Å². The van der Waals surface area contributed by atoms with Gasteiger partial charge in [0.1, 0.15) is 12.2 Å². The van der Waals surface area contributed by atoms with Gasteiger partial charge in [0.05, 0.1) is 0 Å². The molecule has 0 aliphatic heterocycles. The molecule has 0 spiro atoms. The zero-order chi connectivity index (χ0) is 13.7. The first-order chi connectivity index (χ1) is 9.16. The van der Waals surface area contributed by atoms with E-state index >= 15 is 0 Å². The molecule has 0 radical (unpaired) electrons. The fraction of sp³-hybridized carbons (Fsp3) is 0.467. The maximum Gasteiger partial charge on any atom is 0.134 e. The lowest BCUT2D eigenvalue weighted by molar-refractivity contribution is 0.507. The number of nitrogens with one attached hydrogen (secondary N) is 1. The average molecular weight is 258 g/mol. The molecule has 1 heterocycles. The summed E-state index contributed by atoms with van der Waals surface area (Å²) in [5, 5.41) is 11.7. The Morgan fingerprint density at radius 3 is 2.79 bits per heavy atom. The van der Waals surface area contributed by atoms with E-state index in [4.69, 9.17) is 0 Å². The minimum atomic E-state index is 0.610. The number of aryl methyl sites for hydroxylation is 1. The Balaban J connectivity index is 1.89. The van der Waals surface area contributed by atoms with E-state index in [9.17, 15) is 0 Å². The summed E-state index contributed by atoms with van der Waals surface area (Å²) in [7, 11) is 0. The van der Waals surface area contributed by atoms with Crippen LogP contribution in [0.2, 0.25) is 0 Å². The molecular weight excluding hydrogens is 236 g/mol. The van der Waals surface area contributed by atoms with Crippen LogP contribution in [0.3, 0.4) is 0 Å². The number of rotatable bonds is 6. The lowest BCUT2D eigenvalue weighted by atomic mass is 10.2. The van der Waals surface area contributed by atoms with Crippen LogP contribution in [0.5, 0.6) is 0 Å². The molecule has 0 bridgehead atoms. The first kappa shape index (κ1) is 13.6. The third-order valence-corrected chi connectivity index (χ3v) is 3.07. The summed E-state index contributed by atoms with van der Waals surface area (Å²) in [6.07, 6.45) is 2.71. The van der Waals surface area contributed by atoms with Crippen LogP contribution in [-0.2, 0) is 13.0 Å². The first-order valence-corrected chi connectivity index (χ1v) is 6.83. The van der Waals surface area contributed by atoms with Crippen LogP contribution in [-0.4, -0.2) is 21.3 Å². The van der Waals surface area contributed by atoms with Crippen molar-refractivity contribution in [1.82, 2.24) is 14.8 Å². The fourth-order valence-electron chi connectivity index (χ4n) is 2.10. The third kappa shape index (κ3) is 3.81. The average Bonchev–Trinajstić information content (AvgIpc) is 2.78. The van der Waals surface area contributed by atoms with Crippen LogP contribution in [0.25, 0.3) is 0 Å². The highest BCUT2D eigenvalue weighted by molar-refractivity contribution is 5.50. The number of hydrogen-bond acceptors (Lipinski definition) is 3. The lowest BCUT2D eigenvalue weighted by Gasteiger charge is -2.11. The summed E-state index contributed by atoms with van der Waals surface area (Å²) < 4.78 is 2.14. The fourth-order valence-corrected chi connectivity index (χ4v) is 2.10. The van der Waals surface area contributed by atoms with Crippen LogP contribution >= 0.6 is 0 Å². The monoisotopic (exact) mass is 258 g/mol. The Kier molecular flexibility index (Phi) is 4.55. The molecule has 4 heteroatoms. The predicted molar refractivity (Wildman–Crippen MR) is 78.2 cm³/mol. The Bertz CT molecular complexity index is 516. The molecule has 0 unspecified atom stereocenters. The molecule has 0 amide bonds. The second kappa shape index (κ2) is 6.36. The molecular formula is C15H22N4. The molecule has 4 nitrogen and oxygen atoms in total. The molecule has 0 fully saturated rings. The Labute approximate surface area is 114 Å². The van der Waals surface area contributed by atoms with E-state index in [0.717, 1.165) is 25.3 Å². The number of anilines is 1. The number of aromatic nitrogens is 3. The summed E-state index contributed by atoms with van der Waals surface area (Å²) in [6, 6.07) is 8.33. The van der Waals surface area contributed by atoms with Crippen molar-refractivity contribution in [3.05, 3.63) is 42.0 Å². The minimum absolute atomic E-state index is 0.610. The van der Waals surface area contributed by atoms with Crippen molar-refractivity contribution in [2.45, 2.75) is 33.7 Å². The zero-order valence-electron chi connectivity index (χ0n) is 11.9. The predicted octanol–water partition coefficient (Wildman–Crippen LogP) is 2.90. The van der Waals surface area contributed by atoms with Crippen molar-refractivity contribution in [1.29, 1.82) is 0 Å². The van der Waals surface area contributed by atoms with E-state index in [1.165, 1.54) is 11.3 Å². The summed E-state index contributed by atoms with van der Waals surface area (Å²) in [5.74, 6) is 1.66. The van der Waals surface area contributed by atoms with E-state index in [1.807, 2.05) is 6.33 Å². The van der Waals surface area contributed by atoms with Crippen molar-refractivity contribution < 1.29 is 0 Å². The van der Waals surface area contributed by atoms with Gasteiger partial charge in [-0.25, -0.2) is 0 Å². The Morgan fingerprint density at radius 1 is 1.26 bits per heavy atom. The molecule has 0 saturated heterocycles. The van der Waals surface area contributed by atoms with E-state index in [2.05, 4.69) is 65.1 Å². The van der Waals surface area contributed by atoms with Gasteiger partial charge < -0.3 is 9.88 Å². The smallest absolute Gasteiger partial charge is 0.134 e. The number of para-hydroxylation sites is 1. The SMILES string of the molecule is Cc1ccccc1NCCc1nncn1CC(C)C. The van der Waals surface area contributed by atoms with Crippen molar-refractivity contribution in [2.75, 3.05) is 11.9 Å². The molecule has 2 aromatic rings. The quantitative estimate of drug-likeness (QED) is 0.866. The molecule has 19 heavy (non-hydrogen) atoms. The van der Waals surface area contributed by atoms with Crippen LogP contribution < -0.4 is 5.32 Å². The number of hydrogen-bond donors (Lipinski definition) is 1. The van der Waals surface area contributed by atoms with Gasteiger partial charge in [0.2, 0.25) is 0 Å². The van der Waals surface area contributed by atoms with E-state index in [0.29, 0.717) is 5.92 Å². The first-order valence-electron chi connectivity index (χ1n) is 6.83. The summed E-state index contributed by atoms with van der Waals surface area (Å²) in [5.41, 5.74) is 2.46. The largest absolute Gasteiger partial charge is 0.384 e. The number of nitrogens with zero attached hydrogens (tertiary/aromatic N) is 3. The molecule has 0 saturated carbocycles. The van der Waals surface area contributed by atoms with Gasteiger partial charge in [0, 0.05) is 25.2 Å². The van der Waals surface area contributed by atoms with Gasteiger partial charge in [-0.2, -0.15) is 0 Å². The molecule has 0 aliphatic rings. The van der Waals surface area contributed by atoms with Gasteiger partial charge >= 0.3 is 0 Å². The molecule has 102 valence electrons. The Hall–Kier alpha value is -1.84. The maximum atomic E-state index is 4.20. The van der Waals surface area contributed by atoms with Crippen LogP contribution in [0.4, 0.5) is 5.69 Å². The van der Waals surface area contributed by atoms with Crippen LogP contribution in [0, 0.1) is 12.8 Å². The van der Waals surface area contributed by atoms with Gasteiger partial charge in [-0.3, -0.25) is 0 Å². The van der Waals surface area contributed by atoms with Gasteiger partial charge in [-0.15, -0.1) is 10.2 Å². The van der Waals surface area contributed by atoms with Gasteiger partial charge in [-0.1, -0.05) is 32.0 Å². The second-order valence-corrected chi connectivity index (χ2v) is 5.29. The van der Waals surface area contributed by atoms with Crippen molar-refractivity contribution in [3.63, 3.8) is 0 Å². The molecule has 0 atom stereocenters. The van der Waals surface area contributed by atoms with Crippen LogP contribution in [0.1, 0.15) is 25.2 Å². The summed E-state index contributed by atoms with van der Waals surface area (Å²) in [4.78, 5) is 0. The van der Waals surface area contributed by atoms with E-state index in [1.54, 1.807) is 0 Å². The molecule has 1 aromatic carbocycles. The highest BCUT2D eigenvalue weighted by Gasteiger charge is 2.05. The molecule has 1 N–H and O–H groups in total. The van der Waals surface area contributed by atoms with Gasteiger partial charge in [0.25, 0.3) is 0 Å². The highest BCUT2D eigenvalue weighted by Crippen LogP contribution is 2.13. The van der Waals surface area contributed by atoms with Crippen molar-refractivity contribution >= 4 is 5.69 Å². The minimum Gasteiger partial charge on any atom is -0.384 e. The molecule has 0 aliphatic carbocycles. The zero-order valence-corrected chi connectivity index (χ0v) is 11.9. The van der Waals surface area contributed by atoms with Crippen molar-refractivity contribution in [2.24, 2.45) is 5.92 Å². The topological polar surface area (TPSA) is 42.7 Å². The van der Waals surface area contributed by atoms with Gasteiger partial charge in [-0.05, 0) is 24.5 Å². The highest BCUT2D eigenvalue weighted by atomic mass is 15.3. The molecule has 2 rings (SSSR count). The van der Waals surface area contributed by atoms with E-state index in [-0.39, 0.29) is 0 Å². The Morgan fingerprint density at radius 2 is 2.05 bits per heavy atom.